The van der Waals surface area contributed by atoms with E-state index in [0.29, 0.717) is 12.2 Å². The molecule has 8 heteroatoms. The van der Waals surface area contributed by atoms with Crippen molar-refractivity contribution in [1.82, 2.24) is 15.5 Å². The van der Waals surface area contributed by atoms with Gasteiger partial charge in [0, 0.05) is 12.1 Å². The summed E-state index contributed by atoms with van der Waals surface area (Å²) < 4.78 is 5.42. The number of thioether (sulfide) groups is 1. The zero-order valence-corrected chi connectivity index (χ0v) is 22.7. The van der Waals surface area contributed by atoms with Gasteiger partial charge in [0.15, 0.2) is 0 Å². The summed E-state index contributed by atoms with van der Waals surface area (Å²) in [4.78, 5) is 41.7. The summed E-state index contributed by atoms with van der Waals surface area (Å²) in [6.07, 6.45) is 3.46. The zero-order valence-electron chi connectivity index (χ0n) is 21.9. The van der Waals surface area contributed by atoms with Gasteiger partial charge in [-0.1, -0.05) is 18.2 Å². The van der Waals surface area contributed by atoms with Crippen LogP contribution in [0.3, 0.4) is 0 Å². The first-order valence-electron chi connectivity index (χ1n) is 12.0. The normalized spacial score (nSPS) is 15.4. The Hall–Kier alpha value is -2.22. The lowest BCUT2D eigenvalue weighted by Crippen LogP contribution is -2.54. The number of nitrogens with zero attached hydrogens (tertiary/aromatic N) is 1. The second-order valence-corrected chi connectivity index (χ2v) is 11.4. The molecule has 2 N–H and O–H groups in total. The van der Waals surface area contributed by atoms with Gasteiger partial charge in [-0.15, -0.1) is 0 Å². The van der Waals surface area contributed by atoms with Crippen molar-refractivity contribution in [3.05, 3.63) is 34.9 Å². The Labute approximate surface area is 208 Å². The first-order valence-corrected chi connectivity index (χ1v) is 13.4. The molecule has 0 heterocycles. The molecule has 1 aliphatic carbocycles. The number of rotatable bonds is 10. The van der Waals surface area contributed by atoms with Gasteiger partial charge < -0.3 is 20.3 Å². The molecule has 3 amide bonds. The topological polar surface area (TPSA) is 87.7 Å². The van der Waals surface area contributed by atoms with E-state index in [2.05, 4.69) is 10.6 Å². The molecule has 1 aromatic carbocycles. The largest absolute Gasteiger partial charge is 0.444 e. The average molecular weight is 492 g/mol. The van der Waals surface area contributed by atoms with Crippen molar-refractivity contribution >= 4 is 29.7 Å². The van der Waals surface area contributed by atoms with E-state index in [1.54, 1.807) is 37.4 Å². The molecule has 2 rings (SSSR count). The molecular formula is C26H41N3O4S. The van der Waals surface area contributed by atoms with E-state index in [0.717, 1.165) is 29.5 Å². The van der Waals surface area contributed by atoms with Gasteiger partial charge >= 0.3 is 6.09 Å². The highest BCUT2D eigenvalue weighted by atomic mass is 32.2. The Bertz CT molecular complexity index is 877. The van der Waals surface area contributed by atoms with Gasteiger partial charge in [0.1, 0.15) is 17.7 Å². The smallest absolute Gasteiger partial charge is 0.408 e. The minimum absolute atomic E-state index is 0.0331. The van der Waals surface area contributed by atoms with E-state index >= 15 is 0 Å². The molecule has 0 saturated heterocycles. The summed E-state index contributed by atoms with van der Waals surface area (Å²) in [5, 5.41) is 5.78. The zero-order chi connectivity index (χ0) is 25.6. The molecular weight excluding hydrogens is 450 g/mol. The van der Waals surface area contributed by atoms with Crippen LogP contribution < -0.4 is 10.6 Å². The van der Waals surface area contributed by atoms with Crippen LogP contribution in [0.4, 0.5) is 4.79 Å². The number of carbonyl (C=O) groups excluding carboxylic acids is 3. The fourth-order valence-corrected chi connectivity index (χ4v) is 4.20. The maximum atomic E-state index is 14.0. The lowest BCUT2D eigenvalue weighted by atomic mass is 9.97. The van der Waals surface area contributed by atoms with E-state index in [-0.39, 0.29) is 23.9 Å². The molecule has 0 aromatic heterocycles. The Balaban J connectivity index is 2.44. The molecule has 0 radical (unpaired) electrons. The Morgan fingerprint density at radius 1 is 1.12 bits per heavy atom. The minimum atomic E-state index is -0.774. The van der Waals surface area contributed by atoms with E-state index in [9.17, 15) is 14.4 Å². The molecule has 34 heavy (non-hydrogen) atoms. The molecule has 1 aliphatic rings. The van der Waals surface area contributed by atoms with E-state index in [1.165, 1.54) is 0 Å². The number of amides is 3. The van der Waals surface area contributed by atoms with E-state index in [1.807, 2.05) is 52.1 Å². The van der Waals surface area contributed by atoms with Gasteiger partial charge in [-0.25, -0.2) is 4.79 Å². The Morgan fingerprint density at radius 2 is 1.76 bits per heavy atom. The van der Waals surface area contributed by atoms with Gasteiger partial charge in [-0.2, -0.15) is 11.8 Å². The van der Waals surface area contributed by atoms with Crippen molar-refractivity contribution in [2.75, 3.05) is 12.0 Å². The standard InChI is InChI=1S/C26H41N3O4S/c1-16(2)27-23(30)22(19-10-9-17(3)18(4)15-19)29(20-11-12-20)24(31)21(13-14-34-8)28-25(32)33-26(5,6)7/h9-10,15-16,20-22H,11-14H2,1-8H3,(H,27,30)(H,28,32). The highest BCUT2D eigenvalue weighted by Crippen LogP contribution is 2.36. The fraction of sp³-hybridized carbons (Fsp3) is 0.654. The average Bonchev–Trinajstić information content (AvgIpc) is 3.54. The van der Waals surface area contributed by atoms with Gasteiger partial charge in [0.25, 0.3) is 0 Å². The van der Waals surface area contributed by atoms with Gasteiger partial charge in [0.05, 0.1) is 0 Å². The monoisotopic (exact) mass is 491 g/mol. The van der Waals surface area contributed by atoms with Gasteiger partial charge in [-0.05, 0) is 96.4 Å². The first-order chi connectivity index (χ1) is 15.8. The van der Waals surface area contributed by atoms with Gasteiger partial charge in [0.2, 0.25) is 11.8 Å². The highest BCUT2D eigenvalue weighted by molar-refractivity contribution is 7.98. The van der Waals surface area contributed by atoms with Crippen LogP contribution >= 0.6 is 11.8 Å². The second kappa shape index (κ2) is 12.0. The maximum absolute atomic E-state index is 14.0. The van der Waals surface area contributed by atoms with Crippen LogP contribution in [0.1, 0.15) is 76.6 Å². The lowest BCUT2D eigenvalue weighted by Gasteiger charge is -2.35. The lowest BCUT2D eigenvalue weighted by molar-refractivity contribution is -0.143. The molecule has 0 aliphatic heterocycles. The number of ether oxygens (including phenoxy) is 1. The number of aryl methyl sites for hydroxylation is 2. The highest BCUT2D eigenvalue weighted by Gasteiger charge is 2.44. The summed E-state index contributed by atoms with van der Waals surface area (Å²) in [6.45, 7) is 13.2. The number of nitrogens with one attached hydrogen (secondary N) is 2. The summed E-state index contributed by atoms with van der Waals surface area (Å²) in [7, 11) is 0. The molecule has 1 fully saturated rings. The van der Waals surface area contributed by atoms with E-state index < -0.39 is 23.8 Å². The van der Waals surface area contributed by atoms with Crippen LogP contribution in [-0.4, -0.2) is 58.5 Å². The first kappa shape index (κ1) is 28.0. The summed E-state index contributed by atoms with van der Waals surface area (Å²) >= 11 is 1.60. The SMILES string of the molecule is CSCCC(NC(=O)OC(C)(C)C)C(=O)N(C1CC1)C(C(=O)NC(C)C)c1ccc(C)c(C)c1. The summed E-state index contributed by atoms with van der Waals surface area (Å²) in [5.41, 5.74) is 2.30. The number of hydrogen-bond donors (Lipinski definition) is 2. The van der Waals surface area contributed by atoms with Crippen molar-refractivity contribution in [3.8, 4) is 0 Å². The Kier molecular flexibility index (Phi) is 9.85. The molecule has 7 nitrogen and oxygen atoms in total. The molecule has 1 aromatic rings. The number of carbonyl (C=O) groups is 3. The van der Waals surface area contributed by atoms with Crippen LogP contribution in [0.5, 0.6) is 0 Å². The van der Waals surface area contributed by atoms with Crippen molar-refractivity contribution in [1.29, 1.82) is 0 Å². The fourth-order valence-electron chi connectivity index (χ4n) is 3.73. The van der Waals surface area contributed by atoms with Crippen molar-refractivity contribution < 1.29 is 19.1 Å². The predicted molar refractivity (Wildman–Crippen MR) is 138 cm³/mol. The molecule has 190 valence electrons. The predicted octanol–water partition coefficient (Wildman–Crippen LogP) is 4.51. The van der Waals surface area contributed by atoms with Gasteiger partial charge in [-0.3, -0.25) is 9.59 Å². The second-order valence-electron chi connectivity index (χ2n) is 10.4. The third-order valence-electron chi connectivity index (χ3n) is 5.60. The third-order valence-corrected chi connectivity index (χ3v) is 6.24. The number of benzene rings is 1. The van der Waals surface area contributed by atoms with Crippen molar-refractivity contribution in [2.45, 2.75) is 97.5 Å². The van der Waals surface area contributed by atoms with Crippen LogP contribution in [0.2, 0.25) is 0 Å². The van der Waals surface area contributed by atoms with E-state index in [4.69, 9.17) is 4.74 Å². The van der Waals surface area contributed by atoms with Crippen molar-refractivity contribution in [2.24, 2.45) is 0 Å². The number of alkyl carbamates (subject to hydrolysis) is 1. The molecule has 2 unspecified atom stereocenters. The van der Waals surface area contributed by atoms with Crippen LogP contribution in [0.25, 0.3) is 0 Å². The van der Waals surface area contributed by atoms with Crippen LogP contribution in [0, 0.1) is 13.8 Å². The minimum Gasteiger partial charge on any atom is -0.444 e. The Morgan fingerprint density at radius 3 is 2.26 bits per heavy atom. The summed E-state index contributed by atoms with van der Waals surface area (Å²) in [5.74, 6) is 0.237. The summed E-state index contributed by atoms with van der Waals surface area (Å²) in [6, 6.07) is 4.26. The maximum Gasteiger partial charge on any atom is 0.408 e. The number of hydrogen-bond acceptors (Lipinski definition) is 5. The molecule has 0 spiro atoms. The quantitative estimate of drug-likeness (QED) is 0.503. The van der Waals surface area contributed by atoms with Crippen LogP contribution in [0.15, 0.2) is 18.2 Å². The van der Waals surface area contributed by atoms with Crippen LogP contribution in [-0.2, 0) is 14.3 Å². The van der Waals surface area contributed by atoms with Crippen molar-refractivity contribution in [3.63, 3.8) is 0 Å². The molecule has 1 saturated carbocycles. The third kappa shape index (κ3) is 8.22. The molecule has 2 atom stereocenters. The molecule has 0 bridgehead atoms.